The Labute approximate surface area is 126 Å². The summed E-state index contributed by atoms with van der Waals surface area (Å²) in [6, 6.07) is 12.6. The average molecular weight is 294 g/mol. The number of aryl methyl sites for hydroxylation is 1. The molecule has 0 unspecified atom stereocenters. The highest BCUT2D eigenvalue weighted by molar-refractivity contribution is 5.95. The number of carbonyl (C=O) groups is 1. The summed E-state index contributed by atoms with van der Waals surface area (Å²) in [6.45, 7) is 0. The molecule has 0 fully saturated rings. The molecular weight excluding hydrogens is 280 g/mol. The zero-order valence-electron chi connectivity index (χ0n) is 11.9. The van der Waals surface area contributed by atoms with E-state index in [9.17, 15) is 9.59 Å². The molecule has 6 heteroatoms. The van der Waals surface area contributed by atoms with Gasteiger partial charge in [-0.25, -0.2) is 5.43 Å². The number of aromatic amines is 1. The van der Waals surface area contributed by atoms with E-state index in [1.807, 2.05) is 30.3 Å². The molecular formula is C16H14N4O2. The molecule has 0 radical (unpaired) electrons. The third-order valence-electron chi connectivity index (χ3n) is 3.27. The zero-order chi connectivity index (χ0) is 15.5. The van der Waals surface area contributed by atoms with E-state index in [4.69, 9.17) is 0 Å². The number of fused-ring (bicyclic) bond motifs is 1. The summed E-state index contributed by atoms with van der Waals surface area (Å²) in [5.41, 5.74) is 4.44. The predicted molar refractivity (Wildman–Crippen MR) is 85.0 cm³/mol. The third-order valence-corrected chi connectivity index (χ3v) is 3.27. The van der Waals surface area contributed by atoms with Gasteiger partial charge in [0.1, 0.15) is 0 Å². The number of amides is 1. The Morgan fingerprint density at radius 2 is 2.09 bits per heavy atom. The van der Waals surface area contributed by atoms with E-state index in [1.54, 1.807) is 13.3 Å². The smallest absolute Gasteiger partial charge is 0.272 e. The second-order valence-electron chi connectivity index (χ2n) is 4.88. The molecule has 110 valence electrons. The van der Waals surface area contributed by atoms with Crippen molar-refractivity contribution in [2.24, 2.45) is 12.1 Å². The lowest BCUT2D eigenvalue weighted by Crippen LogP contribution is -2.22. The van der Waals surface area contributed by atoms with Crippen molar-refractivity contribution in [1.29, 1.82) is 0 Å². The average Bonchev–Trinajstić information content (AvgIpc) is 2.92. The van der Waals surface area contributed by atoms with E-state index in [-0.39, 0.29) is 11.5 Å². The number of pyridine rings is 1. The highest BCUT2D eigenvalue weighted by Crippen LogP contribution is 2.13. The minimum Gasteiger partial charge on any atom is -0.354 e. The Bertz CT molecular complexity index is 888. The number of hydrogen-bond donors (Lipinski definition) is 2. The van der Waals surface area contributed by atoms with Crippen molar-refractivity contribution in [2.75, 3.05) is 0 Å². The second-order valence-corrected chi connectivity index (χ2v) is 4.88. The van der Waals surface area contributed by atoms with Crippen LogP contribution in [0.15, 0.2) is 58.6 Å². The minimum atomic E-state index is -0.372. The molecule has 0 saturated heterocycles. The molecule has 0 bridgehead atoms. The van der Waals surface area contributed by atoms with Crippen molar-refractivity contribution in [2.45, 2.75) is 0 Å². The molecule has 0 aliphatic rings. The molecule has 2 heterocycles. The molecule has 2 aromatic heterocycles. The maximum Gasteiger partial charge on any atom is 0.272 e. The van der Waals surface area contributed by atoms with Crippen molar-refractivity contribution in [3.63, 3.8) is 0 Å². The number of H-pyrrole nitrogens is 1. The van der Waals surface area contributed by atoms with Crippen molar-refractivity contribution in [1.82, 2.24) is 15.0 Å². The number of hydrogen-bond acceptors (Lipinski definition) is 3. The first-order valence-corrected chi connectivity index (χ1v) is 6.71. The van der Waals surface area contributed by atoms with E-state index in [0.29, 0.717) is 5.56 Å². The minimum absolute atomic E-state index is 0.168. The Morgan fingerprint density at radius 1 is 1.27 bits per heavy atom. The van der Waals surface area contributed by atoms with Gasteiger partial charge in [0.25, 0.3) is 5.91 Å². The molecule has 2 N–H and O–H groups in total. The molecule has 0 spiro atoms. The summed E-state index contributed by atoms with van der Waals surface area (Å²) in [4.78, 5) is 26.4. The molecule has 0 atom stereocenters. The number of benzene rings is 1. The van der Waals surface area contributed by atoms with Gasteiger partial charge in [0.05, 0.1) is 17.5 Å². The number of aromatic nitrogens is 2. The van der Waals surface area contributed by atoms with Crippen LogP contribution in [0.2, 0.25) is 0 Å². The van der Waals surface area contributed by atoms with Crippen molar-refractivity contribution >= 4 is 23.0 Å². The van der Waals surface area contributed by atoms with Gasteiger partial charge in [-0.15, -0.1) is 0 Å². The largest absolute Gasteiger partial charge is 0.354 e. The first-order valence-electron chi connectivity index (χ1n) is 6.71. The number of hydrazone groups is 1. The number of nitrogens with zero attached hydrogens (tertiary/aromatic N) is 2. The predicted octanol–water partition coefficient (Wildman–Crippen LogP) is 1.63. The van der Waals surface area contributed by atoms with Gasteiger partial charge in [-0.05, 0) is 18.2 Å². The van der Waals surface area contributed by atoms with Crippen molar-refractivity contribution in [3.8, 4) is 0 Å². The zero-order valence-corrected chi connectivity index (χ0v) is 11.9. The molecule has 22 heavy (non-hydrogen) atoms. The van der Waals surface area contributed by atoms with Crippen LogP contribution in [0.1, 0.15) is 16.1 Å². The van der Waals surface area contributed by atoms with Crippen LogP contribution in [-0.4, -0.2) is 21.7 Å². The van der Waals surface area contributed by atoms with E-state index in [1.165, 1.54) is 22.9 Å². The standard InChI is InChI=1S/C16H14N4O2/c1-20-10-12(6-7-15(20)21)16(22)19-17-9-13-8-11-4-2-3-5-14(11)18-13/h2-10,18H,1H3,(H,19,22). The molecule has 3 aromatic rings. The van der Waals surface area contributed by atoms with Gasteiger partial charge >= 0.3 is 0 Å². The summed E-state index contributed by atoms with van der Waals surface area (Å²) in [7, 11) is 1.59. The van der Waals surface area contributed by atoms with Crippen LogP contribution in [0.25, 0.3) is 10.9 Å². The highest BCUT2D eigenvalue weighted by Gasteiger charge is 2.05. The lowest BCUT2D eigenvalue weighted by Gasteiger charge is -2.01. The Hall–Kier alpha value is -3.15. The van der Waals surface area contributed by atoms with Crippen LogP contribution in [0.3, 0.4) is 0 Å². The van der Waals surface area contributed by atoms with Crippen molar-refractivity contribution < 1.29 is 4.79 Å². The molecule has 1 aromatic carbocycles. The Balaban J connectivity index is 1.72. The maximum absolute atomic E-state index is 11.9. The first-order chi connectivity index (χ1) is 10.6. The van der Waals surface area contributed by atoms with Gasteiger partial charge in [0.2, 0.25) is 5.56 Å². The molecule has 3 rings (SSSR count). The Kier molecular flexibility index (Phi) is 3.57. The normalized spacial score (nSPS) is 11.1. The second kappa shape index (κ2) is 5.69. The van der Waals surface area contributed by atoms with Crippen LogP contribution < -0.4 is 11.0 Å². The molecule has 0 aliphatic carbocycles. The third kappa shape index (κ3) is 2.80. The summed E-state index contributed by atoms with van der Waals surface area (Å²) in [6.07, 6.45) is 3.01. The van der Waals surface area contributed by atoms with Crippen LogP contribution in [-0.2, 0) is 7.05 Å². The summed E-state index contributed by atoms with van der Waals surface area (Å²) >= 11 is 0. The lowest BCUT2D eigenvalue weighted by molar-refractivity contribution is 0.0954. The van der Waals surface area contributed by atoms with Crippen LogP contribution in [0.4, 0.5) is 0 Å². The van der Waals surface area contributed by atoms with E-state index in [0.717, 1.165) is 16.6 Å². The summed E-state index contributed by atoms with van der Waals surface area (Å²) in [5, 5.41) is 5.00. The fourth-order valence-electron chi connectivity index (χ4n) is 2.12. The topological polar surface area (TPSA) is 79.2 Å². The summed E-state index contributed by atoms with van der Waals surface area (Å²) in [5.74, 6) is -0.372. The van der Waals surface area contributed by atoms with Crippen LogP contribution in [0, 0.1) is 0 Å². The Morgan fingerprint density at radius 3 is 2.86 bits per heavy atom. The fourth-order valence-corrected chi connectivity index (χ4v) is 2.12. The summed E-state index contributed by atoms with van der Waals surface area (Å²) < 4.78 is 1.34. The molecule has 1 amide bonds. The number of nitrogens with one attached hydrogen (secondary N) is 2. The van der Waals surface area contributed by atoms with Gasteiger partial charge in [-0.2, -0.15) is 5.10 Å². The van der Waals surface area contributed by atoms with E-state index < -0.39 is 0 Å². The monoisotopic (exact) mass is 294 g/mol. The van der Waals surface area contributed by atoms with Gasteiger partial charge < -0.3 is 9.55 Å². The SMILES string of the molecule is Cn1cc(C(=O)NN=Cc2cc3ccccc3[nH]2)ccc1=O. The van der Waals surface area contributed by atoms with Crippen LogP contribution in [0.5, 0.6) is 0 Å². The van der Waals surface area contributed by atoms with E-state index in [2.05, 4.69) is 15.5 Å². The van der Waals surface area contributed by atoms with Gasteiger partial charge in [-0.1, -0.05) is 18.2 Å². The number of para-hydroxylation sites is 1. The van der Waals surface area contributed by atoms with Crippen LogP contribution >= 0.6 is 0 Å². The maximum atomic E-state index is 11.9. The fraction of sp³-hybridized carbons (Fsp3) is 0.0625. The lowest BCUT2D eigenvalue weighted by atomic mass is 10.2. The highest BCUT2D eigenvalue weighted by atomic mass is 16.2. The number of carbonyl (C=O) groups excluding carboxylic acids is 1. The van der Waals surface area contributed by atoms with Gasteiger partial charge in [0.15, 0.2) is 0 Å². The molecule has 0 saturated carbocycles. The van der Waals surface area contributed by atoms with Gasteiger partial charge in [0, 0.05) is 30.2 Å². The first kappa shape index (κ1) is 13.8. The molecule has 6 nitrogen and oxygen atoms in total. The number of rotatable bonds is 3. The molecule has 0 aliphatic heterocycles. The van der Waals surface area contributed by atoms with E-state index >= 15 is 0 Å². The van der Waals surface area contributed by atoms with Crippen molar-refractivity contribution in [3.05, 3.63) is 70.3 Å². The van der Waals surface area contributed by atoms with Gasteiger partial charge in [-0.3, -0.25) is 9.59 Å². The quantitative estimate of drug-likeness (QED) is 0.569.